The highest BCUT2D eigenvalue weighted by atomic mass is 127. The summed E-state index contributed by atoms with van der Waals surface area (Å²) in [6.07, 6.45) is 0. The van der Waals surface area contributed by atoms with Crippen LogP contribution >= 0.6 is 22.6 Å². The van der Waals surface area contributed by atoms with Gasteiger partial charge in [-0.15, -0.1) is 0 Å². The molecule has 1 amide bonds. The van der Waals surface area contributed by atoms with Crippen LogP contribution < -0.4 is 10.1 Å². The van der Waals surface area contributed by atoms with Gasteiger partial charge in [0.2, 0.25) is 0 Å². The monoisotopic (exact) mass is 381 g/mol. The van der Waals surface area contributed by atoms with Gasteiger partial charge in [0, 0.05) is 9.26 Å². The maximum atomic E-state index is 11.9. The molecule has 0 unspecified atom stereocenters. The molecule has 0 aromatic heterocycles. The summed E-state index contributed by atoms with van der Waals surface area (Å²) < 4.78 is 6.64. The molecular weight excluding hydrogens is 365 g/mol. The van der Waals surface area contributed by atoms with Gasteiger partial charge < -0.3 is 10.1 Å². The van der Waals surface area contributed by atoms with Gasteiger partial charge in [0.25, 0.3) is 5.91 Å². The third-order valence-electron chi connectivity index (χ3n) is 2.91. The highest BCUT2D eigenvalue weighted by molar-refractivity contribution is 14.1. The number of rotatable bonds is 4. The number of halogens is 1. The van der Waals surface area contributed by atoms with E-state index in [1.54, 1.807) is 0 Å². The van der Waals surface area contributed by atoms with E-state index in [-0.39, 0.29) is 12.5 Å². The fourth-order valence-electron chi connectivity index (χ4n) is 1.73. The van der Waals surface area contributed by atoms with E-state index >= 15 is 0 Å². The smallest absolute Gasteiger partial charge is 0.262 e. The van der Waals surface area contributed by atoms with Gasteiger partial charge in [0.15, 0.2) is 6.61 Å². The second-order valence-electron chi connectivity index (χ2n) is 4.57. The van der Waals surface area contributed by atoms with Crippen LogP contribution in [0.5, 0.6) is 5.75 Å². The molecule has 0 aliphatic rings. The number of hydrogen-bond acceptors (Lipinski definition) is 2. The van der Waals surface area contributed by atoms with Crippen LogP contribution in [-0.2, 0) is 4.79 Å². The first kappa shape index (κ1) is 14.8. The van der Waals surface area contributed by atoms with Crippen molar-refractivity contribution in [2.24, 2.45) is 0 Å². The lowest BCUT2D eigenvalue weighted by Gasteiger charge is -2.10. The van der Waals surface area contributed by atoms with Crippen molar-refractivity contribution < 1.29 is 9.53 Å². The maximum absolute atomic E-state index is 11.9. The lowest BCUT2D eigenvalue weighted by molar-refractivity contribution is -0.118. The maximum Gasteiger partial charge on any atom is 0.262 e. The van der Waals surface area contributed by atoms with E-state index < -0.39 is 0 Å². The van der Waals surface area contributed by atoms with E-state index in [9.17, 15) is 4.79 Å². The van der Waals surface area contributed by atoms with E-state index in [1.807, 2.05) is 56.3 Å². The average molecular weight is 381 g/mol. The van der Waals surface area contributed by atoms with Crippen LogP contribution in [0.4, 0.5) is 5.69 Å². The Morgan fingerprint density at radius 2 is 1.90 bits per heavy atom. The minimum Gasteiger partial charge on any atom is -0.483 e. The number of carbonyl (C=O) groups is 1. The van der Waals surface area contributed by atoms with Crippen LogP contribution in [0.15, 0.2) is 42.5 Å². The van der Waals surface area contributed by atoms with Crippen molar-refractivity contribution in [1.82, 2.24) is 0 Å². The Balaban J connectivity index is 1.93. The summed E-state index contributed by atoms with van der Waals surface area (Å²) in [5.41, 5.74) is 3.00. The number of para-hydroxylation sites is 1. The molecule has 0 radical (unpaired) electrons. The lowest BCUT2D eigenvalue weighted by atomic mass is 10.2. The highest BCUT2D eigenvalue weighted by Crippen LogP contribution is 2.18. The van der Waals surface area contributed by atoms with Crippen LogP contribution in [0.25, 0.3) is 0 Å². The van der Waals surface area contributed by atoms with Gasteiger partial charge in [-0.25, -0.2) is 0 Å². The van der Waals surface area contributed by atoms with Crippen LogP contribution in [-0.4, -0.2) is 12.5 Å². The SMILES string of the molecule is Cc1ccc(NC(=O)COc2ccccc2C)cc1I. The quantitative estimate of drug-likeness (QED) is 0.816. The number of benzene rings is 2. The van der Waals surface area contributed by atoms with Gasteiger partial charge in [-0.3, -0.25) is 4.79 Å². The first-order valence-corrected chi connectivity index (χ1v) is 7.38. The largest absolute Gasteiger partial charge is 0.483 e. The summed E-state index contributed by atoms with van der Waals surface area (Å²) in [5, 5.41) is 2.83. The van der Waals surface area contributed by atoms with Gasteiger partial charge in [0.1, 0.15) is 5.75 Å². The molecule has 0 bridgehead atoms. The van der Waals surface area contributed by atoms with Crippen LogP contribution in [0.3, 0.4) is 0 Å². The molecule has 0 heterocycles. The number of ether oxygens (including phenoxy) is 1. The molecule has 0 atom stereocenters. The van der Waals surface area contributed by atoms with Crippen molar-refractivity contribution in [2.75, 3.05) is 11.9 Å². The predicted molar refractivity (Wildman–Crippen MR) is 89.2 cm³/mol. The van der Waals surface area contributed by atoms with Crippen molar-refractivity contribution in [2.45, 2.75) is 13.8 Å². The molecule has 0 aliphatic heterocycles. The van der Waals surface area contributed by atoms with Crippen molar-refractivity contribution in [3.8, 4) is 5.75 Å². The predicted octanol–water partition coefficient (Wildman–Crippen LogP) is 3.93. The molecule has 0 saturated heterocycles. The third-order valence-corrected chi connectivity index (χ3v) is 4.07. The normalized spacial score (nSPS) is 10.2. The summed E-state index contributed by atoms with van der Waals surface area (Å²) in [7, 11) is 0. The zero-order valence-electron chi connectivity index (χ0n) is 11.4. The zero-order chi connectivity index (χ0) is 14.5. The van der Waals surface area contributed by atoms with Crippen molar-refractivity contribution in [3.63, 3.8) is 0 Å². The van der Waals surface area contributed by atoms with E-state index in [1.165, 1.54) is 5.56 Å². The zero-order valence-corrected chi connectivity index (χ0v) is 13.6. The van der Waals surface area contributed by atoms with Crippen LogP contribution in [0.1, 0.15) is 11.1 Å². The Bertz CT molecular complexity index is 626. The summed E-state index contributed by atoms with van der Waals surface area (Å²) in [6, 6.07) is 13.5. The second kappa shape index (κ2) is 6.74. The molecule has 1 N–H and O–H groups in total. The Hall–Kier alpha value is -1.56. The van der Waals surface area contributed by atoms with Gasteiger partial charge in [-0.2, -0.15) is 0 Å². The van der Waals surface area contributed by atoms with Crippen molar-refractivity contribution in [3.05, 3.63) is 57.2 Å². The number of hydrogen-bond donors (Lipinski definition) is 1. The number of carbonyl (C=O) groups excluding carboxylic acids is 1. The summed E-state index contributed by atoms with van der Waals surface area (Å²) >= 11 is 2.25. The molecule has 0 aliphatic carbocycles. The summed E-state index contributed by atoms with van der Waals surface area (Å²) in [5.74, 6) is 0.578. The molecule has 104 valence electrons. The fraction of sp³-hybridized carbons (Fsp3) is 0.188. The lowest BCUT2D eigenvalue weighted by Crippen LogP contribution is -2.20. The molecule has 2 aromatic carbocycles. The van der Waals surface area contributed by atoms with E-state index in [4.69, 9.17) is 4.74 Å². The number of anilines is 1. The highest BCUT2D eigenvalue weighted by Gasteiger charge is 2.06. The fourth-order valence-corrected chi connectivity index (χ4v) is 2.24. The minimum atomic E-state index is -0.159. The first-order valence-electron chi connectivity index (χ1n) is 6.30. The Kier molecular flexibility index (Phi) is 5.00. The van der Waals surface area contributed by atoms with Gasteiger partial charge in [-0.1, -0.05) is 24.3 Å². The second-order valence-corrected chi connectivity index (χ2v) is 5.73. The molecule has 0 fully saturated rings. The first-order chi connectivity index (χ1) is 9.56. The van der Waals surface area contributed by atoms with E-state index in [0.717, 1.165) is 20.6 Å². The topological polar surface area (TPSA) is 38.3 Å². The van der Waals surface area contributed by atoms with E-state index in [2.05, 4.69) is 27.9 Å². The van der Waals surface area contributed by atoms with Gasteiger partial charge in [-0.05, 0) is 65.8 Å². The molecule has 0 spiro atoms. The molecule has 2 aromatic rings. The average Bonchev–Trinajstić information content (AvgIpc) is 2.42. The number of amides is 1. The molecular formula is C16H16INO2. The third kappa shape index (κ3) is 3.96. The van der Waals surface area contributed by atoms with Crippen LogP contribution in [0, 0.1) is 17.4 Å². The van der Waals surface area contributed by atoms with Crippen molar-refractivity contribution >= 4 is 34.2 Å². The molecule has 20 heavy (non-hydrogen) atoms. The summed E-state index contributed by atoms with van der Waals surface area (Å²) in [4.78, 5) is 11.9. The number of aryl methyl sites for hydroxylation is 2. The van der Waals surface area contributed by atoms with Crippen LogP contribution in [0.2, 0.25) is 0 Å². The van der Waals surface area contributed by atoms with E-state index in [0.29, 0.717) is 0 Å². The molecule has 0 saturated carbocycles. The summed E-state index contributed by atoms with van der Waals surface area (Å²) in [6.45, 7) is 4.00. The molecule has 4 heteroatoms. The molecule has 2 rings (SSSR count). The van der Waals surface area contributed by atoms with Crippen molar-refractivity contribution in [1.29, 1.82) is 0 Å². The standard InChI is InChI=1S/C16H16INO2/c1-11-7-8-13(9-14(11)17)18-16(19)10-20-15-6-4-3-5-12(15)2/h3-9H,10H2,1-2H3,(H,18,19). The Morgan fingerprint density at radius 3 is 2.60 bits per heavy atom. The Morgan fingerprint density at radius 1 is 1.15 bits per heavy atom. The minimum absolute atomic E-state index is 0.00923. The van der Waals surface area contributed by atoms with Gasteiger partial charge >= 0.3 is 0 Å². The number of nitrogens with one attached hydrogen (secondary N) is 1. The van der Waals surface area contributed by atoms with Gasteiger partial charge in [0.05, 0.1) is 0 Å². The Labute approximate surface area is 132 Å². The molecule has 3 nitrogen and oxygen atoms in total.